The molecule has 1 aliphatic rings. The highest BCUT2D eigenvalue weighted by Gasteiger charge is 2.27. The zero-order valence-corrected chi connectivity index (χ0v) is 14.3. The molecule has 0 aliphatic carbocycles. The molecule has 26 heavy (non-hydrogen) atoms. The van der Waals surface area contributed by atoms with Crippen molar-refractivity contribution >= 4 is 5.91 Å². The van der Waals surface area contributed by atoms with E-state index in [4.69, 9.17) is 9.47 Å². The van der Waals surface area contributed by atoms with Gasteiger partial charge in [-0.1, -0.05) is 18.2 Å². The average Bonchev–Trinajstić information content (AvgIpc) is 3.07. The Morgan fingerprint density at radius 2 is 2.04 bits per heavy atom. The molecule has 0 saturated carbocycles. The van der Waals surface area contributed by atoms with Gasteiger partial charge < -0.3 is 14.8 Å². The third-order valence-electron chi connectivity index (χ3n) is 4.10. The van der Waals surface area contributed by atoms with Crippen LogP contribution < -0.4 is 14.8 Å². The first-order valence-corrected chi connectivity index (χ1v) is 8.31. The van der Waals surface area contributed by atoms with Crippen LogP contribution in [0.2, 0.25) is 0 Å². The van der Waals surface area contributed by atoms with Crippen molar-refractivity contribution in [3.63, 3.8) is 0 Å². The zero-order chi connectivity index (χ0) is 17.9. The molecule has 2 aromatic heterocycles. The third kappa shape index (κ3) is 3.23. The van der Waals surface area contributed by atoms with Crippen molar-refractivity contribution in [1.82, 2.24) is 20.1 Å². The van der Waals surface area contributed by atoms with Gasteiger partial charge in [-0.2, -0.15) is 5.10 Å². The summed E-state index contributed by atoms with van der Waals surface area (Å²) < 4.78 is 13.0. The van der Waals surface area contributed by atoms with Crippen LogP contribution in [0.5, 0.6) is 11.5 Å². The largest absolute Gasteiger partial charge is 0.485 e. The van der Waals surface area contributed by atoms with Gasteiger partial charge in [0.1, 0.15) is 6.61 Å². The summed E-state index contributed by atoms with van der Waals surface area (Å²) in [7, 11) is 1.85. The number of ether oxygens (including phenoxy) is 2. The Kier molecular flexibility index (Phi) is 4.27. The van der Waals surface area contributed by atoms with Crippen molar-refractivity contribution in [2.24, 2.45) is 7.05 Å². The Morgan fingerprint density at radius 3 is 2.85 bits per heavy atom. The predicted molar refractivity (Wildman–Crippen MR) is 94.6 cm³/mol. The summed E-state index contributed by atoms with van der Waals surface area (Å²) >= 11 is 0. The molecule has 3 aromatic rings. The first kappa shape index (κ1) is 16.1. The average molecular weight is 350 g/mol. The lowest BCUT2D eigenvalue weighted by atomic mass is 10.2. The molecular weight excluding hydrogens is 332 g/mol. The number of pyridine rings is 1. The van der Waals surface area contributed by atoms with Gasteiger partial charge in [0, 0.05) is 13.2 Å². The van der Waals surface area contributed by atoms with Crippen LogP contribution in [0.3, 0.4) is 0 Å². The molecule has 7 nitrogen and oxygen atoms in total. The van der Waals surface area contributed by atoms with E-state index < -0.39 is 6.10 Å². The number of nitrogens with one attached hydrogen (secondary N) is 1. The lowest BCUT2D eigenvalue weighted by Gasteiger charge is -2.25. The number of carbonyl (C=O) groups is 1. The van der Waals surface area contributed by atoms with Crippen LogP contribution in [0.25, 0.3) is 11.4 Å². The smallest absolute Gasteiger partial charge is 0.265 e. The molecular formula is C19H18N4O3. The Labute approximate surface area is 150 Å². The molecule has 132 valence electrons. The number of fused-ring (bicyclic) bond motifs is 1. The summed E-state index contributed by atoms with van der Waals surface area (Å²) in [4.78, 5) is 16.7. The molecule has 3 heterocycles. The number of aromatic nitrogens is 3. The number of benzene rings is 1. The molecule has 1 unspecified atom stereocenters. The molecule has 1 atom stereocenters. The zero-order valence-electron chi connectivity index (χ0n) is 14.3. The number of rotatable bonds is 4. The fourth-order valence-corrected chi connectivity index (χ4v) is 2.81. The summed E-state index contributed by atoms with van der Waals surface area (Å²) in [5.41, 5.74) is 2.47. The quantitative estimate of drug-likeness (QED) is 0.778. The van der Waals surface area contributed by atoms with Gasteiger partial charge >= 0.3 is 0 Å². The Hall–Kier alpha value is -3.35. The molecule has 1 N–H and O–H groups in total. The minimum atomic E-state index is -0.677. The normalized spacial score (nSPS) is 15.5. The molecule has 1 aromatic carbocycles. The lowest BCUT2D eigenvalue weighted by molar-refractivity contribution is -0.130. The lowest BCUT2D eigenvalue weighted by Crippen LogP contribution is -2.43. The SMILES string of the molecule is Cn1nc(CNC(=O)C2COc3ccccc3O2)cc1-c1ccccn1. The summed E-state index contributed by atoms with van der Waals surface area (Å²) in [5.74, 6) is 1.000. The topological polar surface area (TPSA) is 78.3 Å². The first-order chi connectivity index (χ1) is 12.7. The predicted octanol–water partition coefficient (Wildman–Crippen LogP) is 1.94. The van der Waals surface area contributed by atoms with Crippen molar-refractivity contribution < 1.29 is 14.3 Å². The molecule has 1 aliphatic heterocycles. The molecule has 0 radical (unpaired) electrons. The first-order valence-electron chi connectivity index (χ1n) is 8.31. The standard InChI is InChI=1S/C19H18N4O3/c1-23-15(14-6-4-5-9-20-14)10-13(22-23)11-21-19(24)18-12-25-16-7-2-3-8-17(16)26-18/h2-10,18H,11-12H2,1H3,(H,21,24). The van der Waals surface area contributed by atoms with Crippen LogP contribution in [0, 0.1) is 0 Å². The van der Waals surface area contributed by atoms with Gasteiger partial charge in [-0.3, -0.25) is 14.5 Å². The Morgan fingerprint density at radius 1 is 1.23 bits per heavy atom. The Balaban J connectivity index is 1.40. The van der Waals surface area contributed by atoms with Gasteiger partial charge in [0.2, 0.25) is 6.10 Å². The molecule has 7 heteroatoms. The van der Waals surface area contributed by atoms with Crippen LogP contribution >= 0.6 is 0 Å². The minimum Gasteiger partial charge on any atom is -0.485 e. The van der Waals surface area contributed by atoms with Crippen molar-refractivity contribution in [3.05, 3.63) is 60.4 Å². The molecule has 1 amide bonds. The van der Waals surface area contributed by atoms with E-state index in [1.54, 1.807) is 16.9 Å². The molecule has 0 spiro atoms. The van der Waals surface area contributed by atoms with E-state index in [1.807, 2.05) is 49.5 Å². The molecule has 0 bridgehead atoms. The number of para-hydroxylation sites is 2. The van der Waals surface area contributed by atoms with Gasteiger partial charge in [-0.15, -0.1) is 0 Å². The van der Waals surface area contributed by atoms with Crippen LogP contribution in [0.4, 0.5) is 0 Å². The van der Waals surface area contributed by atoms with E-state index in [9.17, 15) is 4.79 Å². The molecule has 0 saturated heterocycles. The summed E-state index contributed by atoms with van der Waals surface area (Å²) in [6, 6.07) is 14.9. The van der Waals surface area contributed by atoms with E-state index in [0.29, 0.717) is 18.0 Å². The van der Waals surface area contributed by atoms with E-state index in [-0.39, 0.29) is 12.5 Å². The third-order valence-corrected chi connectivity index (χ3v) is 4.10. The number of hydrogen-bond acceptors (Lipinski definition) is 5. The maximum atomic E-state index is 12.4. The summed E-state index contributed by atoms with van der Waals surface area (Å²) in [6.45, 7) is 0.491. The van der Waals surface area contributed by atoms with Crippen molar-refractivity contribution in [2.75, 3.05) is 6.61 Å². The van der Waals surface area contributed by atoms with Gasteiger partial charge in [0.05, 0.1) is 23.6 Å². The molecule has 0 fully saturated rings. The van der Waals surface area contributed by atoms with Gasteiger partial charge in [0.25, 0.3) is 5.91 Å². The van der Waals surface area contributed by atoms with E-state index in [1.165, 1.54) is 0 Å². The molecule has 4 rings (SSSR count). The Bertz CT molecular complexity index is 924. The van der Waals surface area contributed by atoms with Crippen molar-refractivity contribution in [2.45, 2.75) is 12.6 Å². The monoisotopic (exact) mass is 350 g/mol. The second kappa shape index (κ2) is 6.87. The summed E-state index contributed by atoms with van der Waals surface area (Å²) in [6.07, 6.45) is 1.06. The number of amides is 1. The number of nitrogens with zero attached hydrogens (tertiary/aromatic N) is 3. The van der Waals surface area contributed by atoms with Gasteiger partial charge in [-0.05, 0) is 30.3 Å². The van der Waals surface area contributed by atoms with Crippen molar-refractivity contribution in [1.29, 1.82) is 0 Å². The number of hydrogen-bond donors (Lipinski definition) is 1. The second-order valence-electron chi connectivity index (χ2n) is 5.94. The van der Waals surface area contributed by atoms with Crippen LogP contribution in [0.15, 0.2) is 54.7 Å². The van der Waals surface area contributed by atoms with Crippen LogP contribution in [0.1, 0.15) is 5.69 Å². The van der Waals surface area contributed by atoms with E-state index in [0.717, 1.165) is 17.1 Å². The van der Waals surface area contributed by atoms with Crippen molar-refractivity contribution in [3.8, 4) is 22.9 Å². The van der Waals surface area contributed by atoms with E-state index in [2.05, 4.69) is 15.4 Å². The highest BCUT2D eigenvalue weighted by atomic mass is 16.6. The maximum absolute atomic E-state index is 12.4. The fraction of sp³-hybridized carbons (Fsp3) is 0.211. The number of carbonyl (C=O) groups excluding carboxylic acids is 1. The van der Waals surface area contributed by atoms with Gasteiger partial charge in [0.15, 0.2) is 11.5 Å². The van der Waals surface area contributed by atoms with Crippen LogP contribution in [-0.2, 0) is 18.4 Å². The summed E-state index contributed by atoms with van der Waals surface area (Å²) in [5, 5.41) is 7.28. The highest BCUT2D eigenvalue weighted by Crippen LogP contribution is 2.30. The van der Waals surface area contributed by atoms with E-state index >= 15 is 0 Å². The maximum Gasteiger partial charge on any atom is 0.265 e. The van der Waals surface area contributed by atoms with Gasteiger partial charge in [-0.25, -0.2) is 0 Å². The van der Waals surface area contributed by atoms with Crippen LogP contribution in [-0.4, -0.2) is 33.4 Å². The fourth-order valence-electron chi connectivity index (χ4n) is 2.81. The number of aryl methyl sites for hydroxylation is 1. The second-order valence-corrected chi connectivity index (χ2v) is 5.94. The highest BCUT2D eigenvalue weighted by molar-refractivity contribution is 5.81. The minimum absolute atomic E-state index is 0.185.